The van der Waals surface area contributed by atoms with Gasteiger partial charge in [0, 0.05) is 17.1 Å². The number of thioether (sulfide) groups is 1. The van der Waals surface area contributed by atoms with Gasteiger partial charge < -0.3 is 4.74 Å². The molecule has 0 radical (unpaired) electrons. The van der Waals surface area contributed by atoms with E-state index in [1.165, 1.54) is 7.05 Å². The zero-order chi connectivity index (χ0) is 14.0. The third kappa shape index (κ3) is 3.01. The van der Waals surface area contributed by atoms with Crippen molar-refractivity contribution in [2.24, 2.45) is 0 Å². The van der Waals surface area contributed by atoms with Gasteiger partial charge >= 0.3 is 0 Å². The van der Waals surface area contributed by atoms with Crippen molar-refractivity contribution in [3.05, 3.63) is 33.1 Å². The highest BCUT2D eigenvalue weighted by Crippen LogP contribution is 2.33. The summed E-state index contributed by atoms with van der Waals surface area (Å²) in [5.41, 5.74) is 0.773. The average molecular weight is 342 g/mol. The number of hydrogen-bond acceptors (Lipinski definition) is 4. The first-order valence-corrected chi connectivity index (χ1v) is 7.27. The number of ether oxygens (including phenoxy) is 1. The van der Waals surface area contributed by atoms with Crippen molar-refractivity contribution in [2.75, 3.05) is 13.7 Å². The predicted molar refractivity (Wildman–Crippen MR) is 79.0 cm³/mol. The van der Waals surface area contributed by atoms with E-state index in [4.69, 9.17) is 4.74 Å². The van der Waals surface area contributed by atoms with Crippen LogP contribution in [0.2, 0.25) is 0 Å². The van der Waals surface area contributed by atoms with Crippen LogP contribution in [0.5, 0.6) is 5.75 Å². The molecule has 0 atom stereocenters. The SMILES string of the molecule is CCOc1ccc(Br)cc1/C=C1\SC(=O)N(C)C1=O. The first-order valence-electron chi connectivity index (χ1n) is 5.67. The van der Waals surface area contributed by atoms with Crippen LogP contribution in [-0.2, 0) is 4.79 Å². The number of likely N-dealkylation sites (N-methyl/N-ethyl adjacent to an activating group) is 1. The van der Waals surface area contributed by atoms with E-state index < -0.39 is 0 Å². The molecule has 0 saturated carbocycles. The highest BCUT2D eigenvalue weighted by Gasteiger charge is 2.31. The lowest BCUT2D eigenvalue weighted by Gasteiger charge is -2.08. The number of benzene rings is 1. The number of nitrogens with zero attached hydrogens (tertiary/aromatic N) is 1. The van der Waals surface area contributed by atoms with E-state index in [0.29, 0.717) is 17.3 Å². The fraction of sp³-hybridized carbons (Fsp3) is 0.231. The number of imide groups is 1. The van der Waals surface area contributed by atoms with Gasteiger partial charge in [-0.1, -0.05) is 15.9 Å². The van der Waals surface area contributed by atoms with Gasteiger partial charge in [0.05, 0.1) is 11.5 Å². The molecule has 0 bridgehead atoms. The van der Waals surface area contributed by atoms with Crippen LogP contribution in [0.3, 0.4) is 0 Å². The van der Waals surface area contributed by atoms with Gasteiger partial charge in [-0.25, -0.2) is 0 Å². The van der Waals surface area contributed by atoms with Crippen LogP contribution in [0.15, 0.2) is 27.6 Å². The first kappa shape index (κ1) is 14.1. The van der Waals surface area contributed by atoms with Crippen molar-refractivity contribution in [3.63, 3.8) is 0 Å². The molecule has 2 amide bonds. The zero-order valence-corrected chi connectivity index (χ0v) is 12.9. The zero-order valence-electron chi connectivity index (χ0n) is 10.5. The van der Waals surface area contributed by atoms with Crippen molar-refractivity contribution in [3.8, 4) is 5.75 Å². The van der Waals surface area contributed by atoms with E-state index >= 15 is 0 Å². The Bertz CT molecular complexity index is 571. The second-order valence-electron chi connectivity index (χ2n) is 3.86. The number of carbonyl (C=O) groups is 2. The lowest BCUT2D eigenvalue weighted by molar-refractivity contribution is -0.121. The Morgan fingerprint density at radius 3 is 2.74 bits per heavy atom. The molecule has 100 valence electrons. The van der Waals surface area contributed by atoms with Gasteiger partial charge in [0.15, 0.2) is 0 Å². The molecule has 1 fully saturated rings. The molecule has 0 unspecified atom stereocenters. The second-order valence-corrected chi connectivity index (χ2v) is 5.76. The third-order valence-corrected chi connectivity index (χ3v) is 4.00. The fourth-order valence-electron chi connectivity index (χ4n) is 1.61. The number of amides is 2. The van der Waals surface area contributed by atoms with Crippen LogP contribution in [0.1, 0.15) is 12.5 Å². The molecule has 1 heterocycles. The Kier molecular flexibility index (Phi) is 4.31. The maximum atomic E-state index is 11.8. The van der Waals surface area contributed by atoms with Crippen LogP contribution in [0, 0.1) is 0 Å². The van der Waals surface area contributed by atoms with Gasteiger partial charge in [-0.2, -0.15) is 0 Å². The molecule has 1 aliphatic heterocycles. The highest BCUT2D eigenvalue weighted by atomic mass is 79.9. The predicted octanol–water partition coefficient (Wildman–Crippen LogP) is 3.51. The Morgan fingerprint density at radius 2 is 2.16 bits per heavy atom. The van der Waals surface area contributed by atoms with Crippen molar-refractivity contribution in [1.29, 1.82) is 0 Å². The molecule has 0 spiro atoms. The quantitative estimate of drug-likeness (QED) is 0.789. The fourth-order valence-corrected chi connectivity index (χ4v) is 2.80. The molecule has 1 saturated heterocycles. The number of carbonyl (C=O) groups excluding carboxylic acids is 2. The summed E-state index contributed by atoms with van der Waals surface area (Å²) in [5, 5.41) is -0.260. The molecule has 1 aliphatic rings. The van der Waals surface area contributed by atoms with E-state index in [0.717, 1.165) is 26.7 Å². The van der Waals surface area contributed by atoms with Gasteiger partial charge in [-0.05, 0) is 43.0 Å². The smallest absolute Gasteiger partial charge is 0.293 e. The molecule has 0 N–H and O–H groups in total. The molecule has 0 aliphatic carbocycles. The molecule has 6 heteroatoms. The molecule has 0 aromatic heterocycles. The Morgan fingerprint density at radius 1 is 1.42 bits per heavy atom. The largest absolute Gasteiger partial charge is 0.493 e. The summed E-state index contributed by atoms with van der Waals surface area (Å²) in [6, 6.07) is 5.55. The highest BCUT2D eigenvalue weighted by molar-refractivity contribution is 9.10. The number of halogens is 1. The van der Waals surface area contributed by atoms with E-state index in [1.807, 2.05) is 25.1 Å². The van der Waals surface area contributed by atoms with Gasteiger partial charge in [0.1, 0.15) is 5.75 Å². The van der Waals surface area contributed by atoms with Crippen LogP contribution in [0.25, 0.3) is 6.08 Å². The van der Waals surface area contributed by atoms with Crippen LogP contribution in [0.4, 0.5) is 4.79 Å². The van der Waals surface area contributed by atoms with Crippen molar-refractivity contribution >= 4 is 44.9 Å². The minimum absolute atomic E-state index is 0.260. The number of hydrogen-bond donors (Lipinski definition) is 0. The minimum atomic E-state index is -0.280. The molecule has 2 rings (SSSR count). The van der Waals surface area contributed by atoms with Crippen LogP contribution in [-0.4, -0.2) is 29.7 Å². The van der Waals surface area contributed by atoms with Gasteiger partial charge in [0.25, 0.3) is 11.1 Å². The summed E-state index contributed by atoms with van der Waals surface area (Å²) >= 11 is 4.32. The molecule has 1 aromatic rings. The van der Waals surface area contributed by atoms with E-state index in [9.17, 15) is 9.59 Å². The van der Waals surface area contributed by atoms with E-state index in [2.05, 4.69) is 15.9 Å². The summed E-state index contributed by atoms with van der Waals surface area (Å²) in [7, 11) is 1.48. The van der Waals surface area contributed by atoms with E-state index in [1.54, 1.807) is 6.08 Å². The summed E-state index contributed by atoms with van der Waals surface area (Å²) in [6.07, 6.45) is 1.68. The monoisotopic (exact) mass is 341 g/mol. The third-order valence-electron chi connectivity index (χ3n) is 2.54. The van der Waals surface area contributed by atoms with Crippen molar-refractivity contribution in [1.82, 2.24) is 4.90 Å². The molecular formula is C13H12BrNO3S. The molecular weight excluding hydrogens is 330 g/mol. The summed E-state index contributed by atoms with van der Waals surface area (Å²) in [4.78, 5) is 24.8. The Labute approximate surface area is 123 Å². The molecule has 1 aromatic carbocycles. The summed E-state index contributed by atoms with van der Waals surface area (Å²) in [5.74, 6) is 0.408. The summed E-state index contributed by atoms with van der Waals surface area (Å²) in [6.45, 7) is 2.43. The first-order chi connectivity index (χ1) is 9.02. The topological polar surface area (TPSA) is 46.6 Å². The second kappa shape index (κ2) is 5.79. The average Bonchev–Trinajstić information content (AvgIpc) is 2.61. The van der Waals surface area contributed by atoms with Crippen LogP contribution < -0.4 is 4.74 Å². The van der Waals surface area contributed by atoms with E-state index in [-0.39, 0.29) is 11.1 Å². The molecule has 4 nitrogen and oxygen atoms in total. The Balaban J connectivity index is 2.40. The van der Waals surface area contributed by atoms with Crippen LogP contribution >= 0.6 is 27.7 Å². The van der Waals surface area contributed by atoms with Gasteiger partial charge in [-0.15, -0.1) is 0 Å². The number of rotatable bonds is 3. The maximum absolute atomic E-state index is 11.8. The molecule has 19 heavy (non-hydrogen) atoms. The van der Waals surface area contributed by atoms with Gasteiger partial charge in [0.2, 0.25) is 0 Å². The standard InChI is InChI=1S/C13H12BrNO3S/c1-3-18-10-5-4-9(14)6-8(10)7-11-12(16)15(2)13(17)19-11/h4-7H,3H2,1-2H3/b11-7-. The lowest BCUT2D eigenvalue weighted by atomic mass is 10.2. The summed E-state index contributed by atoms with van der Waals surface area (Å²) < 4.78 is 6.39. The van der Waals surface area contributed by atoms with Gasteiger partial charge in [-0.3, -0.25) is 14.5 Å². The Hall–Kier alpha value is -1.27. The van der Waals surface area contributed by atoms with Crippen molar-refractivity contribution < 1.29 is 14.3 Å². The van der Waals surface area contributed by atoms with Crippen molar-refractivity contribution in [2.45, 2.75) is 6.92 Å². The minimum Gasteiger partial charge on any atom is -0.493 e. The maximum Gasteiger partial charge on any atom is 0.293 e. The normalized spacial score (nSPS) is 17.4. The lowest BCUT2D eigenvalue weighted by Crippen LogP contribution is -2.22.